The van der Waals surface area contributed by atoms with Crippen LogP contribution >= 0.6 is 21.6 Å². The fourth-order valence-corrected chi connectivity index (χ4v) is 5.91. The molecule has 0 spiro atoms. The predicted molar refractivity (Wildman–Crippen MR) is 149 cm³/mol. The van der Waals surface area contributed by atoms with Gasteiger partial charge in [-0.15, -0.1) is 0 Å². The van der Waals surface area contributed by atoms with Gasteiger partial charge in [0.25, 0.3) is 0 Å². The molecule has 0 aliphatic rings. The monoisotopic (exact) mass is 548 g/mol. The van der Waals surface area contributed by atoms with Crippen LogP contribution in [0, 0.1) is 0 Å². The topological polar surface area (TPSA) is 133 Å². The molecule has 2 amide bonds. The molecule has 0 bridgehead atoms. The van der Waals surface area contributed by atoms with Crippen molar-refractivity contribution in [1.29, 1.82) is 0 Å². The molecule has 0 saturated heterocycles. The molecule has 0 rings (SSSR count). The standard InChI is InChI=1S/C26H48N2O6S2/c1-3-5-7-9-11-13-15-17-23(29)27-21(25(31)32)19-35-36-20-22(26(33)34)28-24(30)18-16-14-12-10-8-6-4-2/h21-22H,3-20H2,1-2H3,(H,27,29)(H,28,30)(H,31,32)(H,33,34)/t21-,22-/m0/s1. The van der Waals surface area contributed by atoms with Gasteiger partial charge in [0, 0.05) is 24.3 Å². The summed E-state index contributed by atoms with van der Waals surface area (Å²) in [6.45, 7) is 4.34. The number of carbonyl (C=O) groups excluding carboxylic acids is 2. The van der Waals surface area contributed by atoms with E-state index in [-0.39, 0.29) is 23.3 Å². The second-order valence-electron chi connectivity index (χ2n) is 9.23. The van der Waals surface area contributed by atoms with Crippen LogP contribution in [0.5, 0.6) is 0 Å². The Morgan fingerprint density at radius 3 is 1.17 bits per heavy atom. The Labute approximate surface area is 225 Å². The van der Waals surface area contributed by atoms with Crippen LogP contribution in [0.2, 0.25) is 0 Å². The second kappa shape index (κ2) is 23.9. The summed E-state index contributed by atoms with van der Waals surface area (Å²) in [5, 5.41) is 23.9. The van der Waals surface area contributed by atoms with Crippen molar-refractivity contribution in [2.45, 2.75) is 129 Å². The first-order chi connectivity index (χ1) is 17.3. The van der Waals surface area contributed by atoms with Gasteiger partial charge < -0.3 is 20.8 Å². The molecule has 0 aromatic rings. The van der Waals surface area contributed by atoms with Crippen LogP contribution in [-0.2, 0) is 19.2 Å². The molecule has 0 heterocycles. The van der Waals surface area contributed by atoms with E-state index in [1.165, 1.54) is 60.1 Å². The fourth-order valence-electron chi connectivity index (χ4n) is 3.60. The minimum Gasteiger partial charge on any atom is -0.480 e. The van der Waals surface area contributed by atoms with Gasteiger partial charge in [0.2, 0.25) is 11.8 Å². The summed E-state index contributed by atoms with van der Waals surface area (Å²) in [7, 11) is 2.36. The molecule has 0 aliphatic carbocycles. The van der Waals surface area contributed by atoms with Gasteiger partial charge in [-0.1, -0.05) is 112 Å². The van der Waals surface area contributed by atoms with Gasteiger partial charge >= 0.3 is 11.9 Å². The molecule has 2 atom stereocenters. The lowest BCUT2D eigenvalue weighted by Crippen LogP contribution is -2.43. The number of nitrogens with one attached hydrogen (secondary N) is 2. The molecule has 0 saturated carbocycles. The van der Waals surface area contributed by atoms with E-state index in [0.717, 1.165) is 51.4 Å². The normalized spacial score (nSPS) is 12.6. The van der Waals surface area contributed by atoms with Crippen LogP contribution in [0.25, 0.3) is 0 Å². The third kappa shape index (κ3) is 20.7. The molecule has 0 fully saturated rings. The van der Waals surface area contributed by atoms with Gasteiger partial charge in [-0.3, -0.25) is 9.59 Å². The predicted octanol–water partition coefficient (Wildman–Crippen LogP) is 5.79. The van der Waals surface area contributed by atoms with Crippen LogP contribution in [0.15, 0.2) is 0 Å². The highest BCUT2D eigenvalue weighted by atomic mass is 33.1. The van der Waals surface area contributed by atoms with E-state index < -0.39 is 24.0 Å². The lowest BCUT2D eigenvalue weighted by atomic mass is 10.1. The first-order valence-corrected chi connectivity index (χ1v) is 16.1. The Morgan fingerprint density at radius 1 is 0.556 bits per heavy atom. The van der Waals surface area contributed by atoms with Gasteiger partial charge in [-0.05, 0) is 12.8 Å². The number of hydrogen-bond donors (Lipinski definition) is 4. The molecule has 8 nitrogen and oxygen atoms in total. The van der Waals surface area contributed by atoms with E-state index in [4.69, 9.17) is 0 Å². The molecule has 36 heavy (non-hydrogen) atoms. The minimum atomic E-state index is -1.12. The maximum absolute atomic E-state index is 12.1. The van der Waals surface area contributed by atoms with E-state index in [9.17, 15) is 29.4 Å². The fraction of sp³-hybridized carbons (Fsp3) is 0.846. The smallest absolute Gasteiger partial charge is 0.327 e. The highest BCUT2D eigenvalue weighted by Crippen LogP contribution is 2.23. The van der Waals surface area contributed by atoms with E-state index in [2.05, 4.69) is 24.5 Å². The van der Waals surface area contributed by atoms with E-state index in [1.54, 1.807) is 0 Å². The Balaban J connectivity index is 4.14. The van der Waals surface area contributed by atoms with Gasteiger partial charge in [-0.25, -0.2) is 9.59 Å². The summed E-state index contributed by atoms with van der Waals surface area (Å²) in [4.78, 5) is 47.2. The van der Waals surface area contributed by atoms with Crippen molar-refractivity contribution < 1.29 is 29.4 Å². The van der Waals surface area contributed by atoms with Crippen LogP contribution in [0.4, 0.5) is 0 Å². The zero-order valence-corrected chi connectivity index (χ0v) is 23.9. The van der Waals surface area contributed by atoms with Crippen LogP contribution in [0.1, 0.15) is 117 Å². The van der Waals surface area contributed by atoms with Crippen molar-refractivity contribution in [3.63, 3.8) is 0 Å². The van der Waals surface area contributed by atoms with Crippen molar-refractivity contribution >= 4 is 45.3 Å². The number of carboxylic acids is 2. The molecular weight excluding hydrogens is 500 g/mol. The lowest BCUT2D eigenvalue weighted by Gasteiger charge is -2.16. The summed E-state index contributed by atoms with van der Waals surface area (Å²) in [5.74, 6) is -2.56. The highest BCUT2D eigenvalue weighted by Gasteiger charge is 2.22. The van der Waals surface area contributed by atoms with Crippen molar-refractivity contribution in [1.82, 2.24) is 10.6 Å². The Morgan fingerprint density at radius 2 is 0.861 bits per heavy atom. The number of amides is 2. The molecule has 4 N–H and O–H groups in total. The van der Waals surface area contributed by atoms with Crippen LogP contribution in [0.3, 0.4) is 0 Å². The maximum atomic E-state index is 12.1. The number of aliphatic carboxylic acids is 2. The largest absolute Gasteiger partial charge is 0.480 e. The van der Waals surface area contributed by atoms with E-state index in [0.29, 0.717) is 12.8 Å². The SMILES string of the molecule is CCCCCCCCCC(=O)N[C@@H](CSSC[C@H](NC(=O)CCCCCCCCC)C(=O)O)C(=O)O. The molecule has 0 unspecified atom stereocenters. The average molecular weight is 549 g/mol. The zero-order valence-electron chi connectivity index (χ0n) is 22.2. The summed E-state index contributed by atoms with van der Waals surface area (Å²) in [5.41, 5.74) is 0. The van der Waals surface area contributed by atoms with Gasteiger partial charge in [0.05, 0.1) is 0 Å². The maximum Gasteiger partial charge on any atom is 0.327 e. The summed E-state index contributed by atoms with van der Waals surface area (Å²) >= 11 is 0. The minimum absolute atomic E-state index is 0.112. The molecule has 0 aromatic heterocycles. The molecule has 0 aliphatic heterocycles. The van der Waals surface area contributed by atoms with Crippen LogP contribution < -0.4 is 10.6 Å². The number of unbranched alkanes of at least 4 members (excludes halogenated alkanes) is 12. The molecule has 0 radical (unpaired) electrons. The summed E-state index contributed by atoms with van der Waals surface area (Å²) < 4.78 is 0. The summed E-state index contributed by atoms with van der Waals surface area (Å²) in [6.07, 6.45) is 15.8. The van der Waals surface area contributed by atoms with Gasteiger partial charge in [0.1, 0.15) is 12.1 Å². The Kier molecular flexibility index (Phi) is 23.0. The third-order valence-corrected chi connectivity index (χ3v) is 8.26. The first-order valence-electron chi connectivity index (χ1n) is 13.6. The number of carbonyl (C=O) groups is 4. The number of carboxylic acid groups (broad SMARTS) is 2. The van der Waals surface area contributed by atoms with Crippen molar-refractivity contribution in [2.75, 3.05) is 11.5 Å². The molecular formula is C26H48N2O6S2. The number of rotatable bonds is 25. The van der Waals surface area contributed by atoms with Crippen molar-refractivity contribution in [3.8, 4) is 0 Å². The third-order valence-electron chi connectivity index (χ3n) is 5.83. The van der Waals surface area contributed by atoms with Crippen molar-refractivity contribution in [3.05, 3.63) is 0 Å². The van der Waals surface area contributed by atoms with Crippen molar-refractivity contribution in [2.24, 2.45) is 0 Å². The quantitative estimate of drug-likeness (QED) is 0.0832. The van der Waals surface area contributed by atoms with Gasteiger partial charge in [0.15, 0.2) is 0 Å². The highest BCUT2D eigenvalue weighted by molar-refractivity contribution is 8.76. The summed E-state index contributed by atoms with van der Waals surface area (Å²) in [6, 6.07) is -2.07. The van der Waals surface area contributed by atoms with E-state index >= 15 is 0 Å². The molecule has 210 valence electrons. The zero-order chi connectivity index (χ0) is 27.0. The molecule has 0 aromatic carbocycles. The second-order valence-corrected chi connectivity index (χ2v) is 11.8. The first kappa shape index (κ1) is 34.6. The number of hydrogen-bond acceptors (Lipinski definition) is 6. The van der Waals surface area contributed by atoms with Gasteiger partial charge in [-0.2, -0.15) is 0 Å². The lowest BCUT2D eigenvalue weighted by molar-refractivity contribution is -0.141. The molecule has 10 heteroatoms. The average Bonchev–Trinajstić information content (AvgIpc) is 2.83. The van der Waals surface area contributed by atoms with Crippen LogP contribution in [-0.4, -0.2) is 57.6 Å². The van der Waals surface area contributed by atoms with E-state index in [1.807, 2.05) is 0 Å². The Hall–Kier alpha value is -1.42. The Bertz CT molecular complexity index is 569.